The number of hydrogen-bond acceptors (Lipinski definition) is 2. The fourth-order valence-electron chi connectivity index (χ4n) is 4.77. The van der Waals surface area contributed by atoms with E-state index in [0.717, 1.165) is 25.9 Å². The third-order valence-electron chi connectivity index (χ3n) is 6.12. The Labute approximate surface area is 156 Å². The Hall–Kier alpha value is -1.87. The van der Waals surface area contributed by atoms with Gasteiger partial charge in [0, 0.05) is 37.4 Å². The number of nitrogens with zero attached hydrogens (tertiary/aromatic N) is 2. The Balaban J connectivity index is 1.43. The number of hydrogen-bond donors (Lipinski definition) is 0. The SMILES string of the molecule is CCCC(c1ccc(F)cc1)N1CCC(N2CCc3ccccc32)CC1. The third-order valence-corrected chi connectivity index (χ3v) is 6.12. The van der Waals surface area contributed by atoms with Crippen molar-refractivity contribution in [1.82, 2.24) is 4.90 Å². The molecule has 2 nitrogen and oxygen atoms in total. The maximum atomic E-state index is 13.3. The van der Waals surface area contributed by atoms with Gasteiger partial charge in [0.25, 0.3) is 0 Å². The minimum Gasteiger partial charge on any atom is -0.368 e. The lowest BCUT2D eigenvalue weighted by atomic mass is 9.95. The summed E-state index contributed by atoms with van der Waals surface area (Å²) in [6.07, 6.45) is 5.92. The van der Waals surface area contributed by atoms with Crippen LogP contribution in [0.3, 0.4) is 0 Å². The molecule has 0 saturated carbocycles. The normalized spacial score (nSPS) is 19.5. The molecule has 0 aromatic heterocycles. The molecule has 26 heavy (non-hydrogen) atoms. The number of rotatable bonds is 5. The summed E-state index contributed by atoms with van der Waals surface area (Å²) in [5.41, 5.74) is 4.22. The van der Waals surface area contributed by atoms with Gasteiger partial charge in [-0.05, 0) is 55.0 Å². The molecule has 2 aromatic carbocycles. The molecule has 3 heteroatoms. The van der Waals surface area contributed by atoms with Gasteiger partial charge in [0.2, 0.25) is 0 Å². The lowest BCUT2D eigenvalue weighted by Crippen LogP contribution is -2.45. The molecule has 2 heterocycles. The molecule has 0 amide bonds. The quantitative estimate of drug-likeness (QED) is 0.730. The van der Waals surface area contributed by atoms with Crippen LogP contribution in [0.4, 0.5) is 10.1 Å². The van der Waals surface area contributed by atoms with Crippen LogP contribution in [-0.4, -0.2) is 30.6 Å². The summed E-state index contributed by atoms with van der Waals surface area (Å²) in [6.45, 7) is 5.67. The molecular formula is C23H29FN2. The van der Waals surface area contributed by atoms with E-state index in [1.807, 2.05) is 12.1 Å². The van der Waals surface area contributed by atoms with Gasteiger partial charge in [-0.1, -0.05) is 43.7 Å². The number of halogens is 1. The van der Waals surface area contributed by atoms with Crippen LogP contribution in [0, 0.1) is 5.82 Å². The third kappa shape index (κ3) is 3.50. The van der Waals surface area contributed by atoms with E-state index in [-0.39, 0.29) is 5.82 Å². The van der Waals surface area contributed by atoms with Crippen molar-refractivity contribution in [3.8, 4) is 0 Å². The summed E-state index contributed by atoms with van der Waals surface area (Å²) < 4.78 is 13.3. The van der Waals surface area contributed by atoms with Gasteiger partial charge in [0.05, 0.1) is 0 Å². The first-order valence-corrected chi connectivity index (χ1v) is 10.1. The molecule has 2 aromatic rings. The zero-order chi connectivity index (χ0) is 17.9. The summed E-state index contributed by atoms with van der Waals surface area (Å²) in [5.74, 6) is -0.143. The maximum Gasteiger partial charge on any atom is 0.123 e. The Morgan fingerprint density at radius 1 is 1.00 bits per heavy atom. The van der Waals surface area contributed by atoms with Crippen molar-refractivity contribution in [2.75, 3.05) is 24.5 Å². The molecule has 1 fully saturated rings. The Morgan fingerprint density at radius 3 is 2.46 bits per heavy atom. The predicted octanol–water partition coefficient (Wildman–Crippen LogP) is 5.19. The van der Waals surface area contributed by atoms with Gasteiger partial charge in [-0.3, -0.25) is 4.90 Å². The smallest absolute Gasteiger partial charge is 0.123 e. The van der Waals surface area contributed by atoms with Crippen molar-refractivity contribution in [2.45, 2.75) is 51.1 Å². The summed E-state index contributed by atoms with van der Waals surface area (Å²) in [7, 11) is 0. The number of para-hydroxylation sites is 1. The molecule has 1 atom stereocenters. The fraction of sp³-hybridized carbons (Fsp3) is 0.478. The second-order valence-electron chi connectivity index (χ2n) is 7.70. The monoisotopic (exact) mass is 352 g/mol. The van der Waals surface area contributed by atoms with Crippen LogP contribution < -0.4 is 4.90 Å². The van der Waals surface area contributed by atoms with Gasteiger partial charge in [-0.25, -0.2) is 4.39 Å². The van der Waals surface area contributed by atoms with Gasteiger partial charge in [-0.15, -0.1) is 0 Å². The van der Waals surface area contributed by atoms with Gasteiger partial charge in [0.15, 0.2) is 0 Å². The van der Waals surface area contributed by atoms with E-state index in [1.165, 1.54) is 42.6 Å². The van der Waals surface area contributed by atoms with Crippen molar-refractivity contribution < 1.29 is 4.39 Å². The van der Waals surface area contributed by atoms with Gasteiger partial charge >= 0.3 is 0 Å². The van der Waals surface area contributed by atoms with Crippen molar-refractivity contribution >= 4 is 5.69 Å². The molecule has 0 aliphatic carbocycles. The van der Waals surface area contributed by atoms with Crippen molar-refractivity contribution in [2.24, 2.45) is 0 Å². The molecule has 2 aliphatic heterocycles. The first-order valence-electron chi connectivity index (χ1n) is 10.1. The maximum absolute atomic E-state index is 13.3. The average Bonchev–Trinajstić information content (AvgIpc) is 3.11. The van der Waals surface area contributed by atoms with Gasteiger partial charge < -0.3 is 4.90 Å². The zero-order valence-electron chi connectivity index (χ0n) is 15.7. The second-order valence-corrected chi connectivity index (χ2v) is 7.70. The highest BCUT2D eigenvalue weighted by molar-refractivity contribution is 5.58. The van der Waals surface area contributed by atoms with Crippen LogP contribution in [0.5, 0.6) is 0 Å². The Bertz CT molecular complexity index is 719. The molecule has 1 unspecified atom stereocenters. The molecule has 0 N–H and O–H groups in total. The largest absolute Gasteiger partial charge is 0.368 e. The molecular weight excluding hydrogens is 323 g/mol. The van der Waals surface area contributed by atoms with E-state index in [9.17, 15) is 4.39 Å². The number of benzene rings is 2. The standard InChI is InChI=1S/C23H29FN2/c1-2-5-22(19-8-10-20(24)11-9-19)25-15-13-21(14-16-25)26-17-12-18-6-3-4-7-23(18)26/h3-4,6-11,21-22H,2,5,12-17H2,1H3. The van der Waals surface area contributed by atoms with Crippen LogP contribution in [0.2, 0.25) is 0 Å². The number of fused-ring (bicyclic) bond motifs is 1. The molecule has 138 valence electrons. The fourth-order valence-corrected chi connectivity index (χ4v) is 4.77. The van der Waals surface area contributed by atoms with Crippen molar-refractivity contribution in [1.29, 1.82) is 0 Å². The van der Waals surface area contributed by atoms with E-state index in [2.05, 4.69) is 41.0 Å². The highest BCUT2D eigenvalue weighted by atomic mass is 19.1. The molecule has 1 saturated heterocycles. The van der Waals surface area contributed by atoms with Crippen LogP contribution in [0.1, 0.15) is 49.8 Å². The zero-order valence-corrected chi connectivity index (χ0v) is 15.7. The van der Waals surface area contributed by atoms with Crippen LogP contribution >= 0.6 is 0 Å². The van der Waals surface area contributed by atoms with Crippen LogP contribution in [-0.2, 0) is 6.42 Å². The lowest BCUT2D eigenvalue weighted by Gasteiger charge is -2.41. The van der Waals surface area contributed by atoms with E-state index in [1.54, 1.807) is 12.1 Å². The van der Waals surface area contributed by atoms with Crippen LogP contribution in [0.25, 0.3) is 0 Å². The van der Waals surface area contributed by atoms with E-state index >= 15 is 0 Å². The van der Waals surface area contributed by atoms with Crippen LogP contribution in [0.15, 0.2) is 48.5 Å². The summed E-state index contributed by atoms with van der Waals surface area (Å²) in [5, 5.41) is 0. The first kappa shape index (κ1) is 17.5. The molecule has 0 radical (unpaired) electrons. The summed E-state index contributed by atoms with van der Waals surface area (Å²) in [6, 6.07) is 17.1. The van der Waals surface area contributed by atoms with Crippen molar-refractivity contribution in [3.05, 3.63) is 65.5 Å². The van der Waals surface area contributed by atoms with Gasteiger partial charge in [0.1, 0.15) is 5.82 Å². The Morgan fingerprint density at radius 2 is 1.73 bits per heavy atom. The number of anilines is 1. The van der Waals surface area contributed by atoms with E-state index < -0.39 is 0 Å². The summed E-state index contributed by atoms with van der Waals surface area (Å²) in [4.78, 5) is 5.26. The van der Waals surface area contributed by atoms with Crippen molar-refractivity contribution in [3.63, 3.8) is 0 Å². The van der Waals surface area contributed by atoms with E-state index in [0.29, 0.717) is 12.1 Å². The molecule has 4 rings (SSSR count). The molecule has 2 aliphatic rings. The average molecular weight is 352 g/mol. The number of likely N-dealkylation sites (tertiary alicyclic amines) is 1. The molecule has 0 bridgehead atoms. The summed E-state index contributed by atoms with van der Waals surface area (Å²) >= 11 is 0. The van der Waals surface area contributed by atoms with E-state index in [4.69, 9.17) is 0 Å². The number of piperidine rings is 1. The second kappa shape index (κ2) is 7.79. The molecule has 0 spiro atoms. The topological polar surface area (TPSA) is 6.48 Å². The minimum absolute atomic E-state index is 0.143. The minimum atomic E-state index is -0.143. The highest BCUT2D eigenvalue weighted by Crippen LogP contribution is 2.35. The highest BCUT2D eigenvalue weighted by Gasteiger charge is 2.31. The first-order chi connectivity index (χ1) is 12.8. The lowest BCUT2D eigenvalue weighted by molar-refractivity contribution is 0.143. The van der Waals surface area contributed by atoms with Gasteiger partial charge in [-0.2, -0.15) is 0 Å². The Kier molecular flexibility index (Phi) is 5.26. The predicted molar refractivity (Wildman–Crippen MR) is 106 cm³/mol.